The van der Waals surface area contributed by atoms with Gasteiger partial charge in [-0.2, -0.15) is 0 Å². The van der Waals surface area contributed by atoms with Crippen LogP contribution >= 0.6 is 0 Å². The molecule has 188 valence electrons. The van der Waals surface area contributed by atoms with Gasteiger partial charge in [0.1, 0.15) is 18.0 Å². The molecule has 0 unspecified atom stereocenters. The standard InChI is InChI=1S/C24H44N2O5Si2/c1-16-20(31-33(12,13)24(5,6)7)19(30-32(10,11)23(2,3)4)14-18(29-16)17-15-25(8)22(28)26(9)21(17)27/h14-16,18,20H,1-13H3/t16-,18+,20-/m0/s1. The predicted molar refractivity (Wildman–Crippen MR) is 139 cm³/mol. The number of hydrogen-bond acceptors (Lipinski definition) is 5. The topological polar surface area (TPSA) is 71.7 Å². The van der Waals surface area contributed by atoms with Crippen molar-refractivity contribution in [3.63, 3.8) is 0 Å². The van der Waals surface area contributed by atoms with Crippen LogP contribution in [0.2, 0.25) is 36.3 Å². The van der Waals surface area contributed by atoms with E-state index >= 15 is 0 Å². The zero-order chi connectivity index (χ0) is 25.7. The van der Waals surface area contributed by atoms with Gasteiger partial charge in [-0.25, -0.2) is 4.79 Å². The summed E-state index contributed by atoms with van der Waals surface area (Å²) in [7, 11) is -1.20. The Hall–Kier alpha value is -1.43. The molecule has 1 aliphatic rings. The van der Waals surface area contributed by atoms with Gasteiger partial charge in [0.15, 0.2) is 8.32 Å². The second-order valence-electron chi connectivity index (χ2n) is 12.3. The largest absolute Gasteiger partial charge is 0.545 e. The molecule has 2 heterocycles. The summed E-state index contributed by atoms with van der Waals surface area (Å²) in [4.78, 5) is 25.1. The minimum atomic E-state index is -2.19. The summed E-state index contributed by atoms with van der Waals surface area (Å²) in [5.74, 6) is 0.742. The van der Waals surface area contributed by atoms with E-state index in [9.17, 15) is 9.59 Å². The fourth-order valence-electron chi connectivity index (χ4n) is 3.20. The van der Waals surface area contributed by atoms with E-state index < -0.39 is 22.7 Å². The maximum atomic E-state index is 12.9. The molecule has 33 heavy (non-hydrogen) atoms. The summed E-state index contributed by atoms with van der Waals surface area (Å²) in [6.45, 7) is 24.1. The Bertz CT molecular complexity index is 1030. The Balaban J connectivity index is 2.63. The molecule has 0 fully saturated rings. The van der Waals surface area contributed by atoms with Gasteiger partial charge < -0.3 is 18.2 Å². The molecule has 0 amide bonds. The highest BCUT2D eigenvalue weighted by Crippen LogP contribution is 2.44. The molecular formula is C24H44N2O5Si2. The highest BCUT2D eigenvalue weighted by molar-refractivity contribution is 6.74. The van der Waals surface area contributed by atoms with Crippen molar-refractivity contribution in [3.05, 3.63) is 44.4 Å². The van der Waals surface area contributed by atoms with Gasteiger partial charge in [-0.3, -0.25) is 9.36 Å². The van der Waals surface area contributed by atoms with Crippen molar-refractivity contribution < 1.29 is 13.6 Å². The number of rotatable bonds is 5. The quantitative estimate of drug-likeness (QED) is 0.546. The van der Waals surface area contributed by atoms with Crippen molar-refractivity contribution in [2.45, 2.75) is 103 Å². The van der Waals surface area contributed by atoms with Crippen molar-refractivity contribution in [2.24, 2.45) is 14.1 Å². The lowest BCUT2D eigenvalue weighted by atomic mass is 10.0. The fraction of sp³-hybridized carbons (Fsp3) is 0.750. The number of ether oxygens (including phenoxy) is 1. The summed E-state index contributed by atoms with van der Waals surface area (Å²) >= 11 is 0. The van der Waals surface area contributed by atoms with E-state index in [2.05, 4.69) is 67.7 Å². The van der Waals surface area contributed by atoms with Crippen LogP contribution < -0.4 is 11.2 Å². The first-order valence-electron chi connectivity index (χ1n) is 11.7. The maximum Gasteiger partial charge on any atom is 0.330 e. The third-order valence-corrected chi connectivity index (χ3v) is 16.4. The van der Waals surface area contributed by atoms with Crippen molar-refractivity contribution in [1.82, 2.24) is 9.13 Å². The van der Waals surface area contributed by atoms with E-state index in [1.165, 1.54) is 11.6 Å². The normalized spacial score (nSPS) is 22.8. The van der Waals surface area contributed by atoms with Gasteiger partial charge in [-0.15, -0.1) is 0 Å². The maximum absolute atomic E-state index is 12.9. The molecular weight excluding hydrogens is 452 g/mol. The third kappa shape index (κ3) is 5.63. The predicted octanol–water partition coefficient (Wildman–Crippen LogP) is 4.84. The molecule has 9 heteroatoms. The van der Waals surface area contributed by atoms with Crippen LogP contribution in [0.3, 0.4) is 0 Å². The van der Waals surface area contributed by atoms with Crippen molar-refractivity contribution in [2.75, 3.05) is 0 Å². The number of aromatic nitrogens is 2. The highest BCUT2D eigenvalue weighted by Gasteiger charge is 2.47. The van der Waals surface area contributed by atoms with Crippen LogP contribution in [0.25, 0.3) is 0 Å². The second-order valence-corrected chi connectivity index (χ2v) is 21.8. The van der Waals surface area contributed by atoms with Crippen LogP contribution in [-0.4, -0.2) is 38.0 Å². The van der Waals surface area contributed by atoms with Crippen LogP contribution in [0.15, 0.2) is 27.6 Å². The highest BCUT2D eigenvalue weighted by atomic mass is 28.4. The average Bonchev–Trinajstić information content (AvgIpc) is 2.63. The van der Waals surface area contributed by atoms with Gasteiger partial charge >= 0.3 is 5.69 Å². The molecule has 1 aromatic heterocycles. The fourth-order valence-corrected chi connectivity index (χ4v) is 5.58. The van der Waals surface area contributed by atoms with Gasteiger partial charge in [-0.05, 0) is 49.3 Å². The Morgan fingerprint density at radius 2 is 1.45 bits per heavy atom. The molecule has 0 aromatic carbocycles. The summed E-state index contributed by atoms with van der Waals surface area (Å²) in [6.07, 6.45) is 2.16. The summed E-state index contributed by atoms with van der Waals surface area (Å²) in [6, 6.07) is 0. The van der Waals surface area contributed by atoms with Gasteiger partial charge in [-0.1, -0.05) is 41.5 Å². The van der Waals surface area contributed by atoms with E-state index in [0.29, 0.717) is 5.56 Å². The molecule has 0 saturated carbocycles. The molecule has 1 aromatic rings. The summed E-state index contributed by atoms with van der Waals surface area (Å²) < 4.78 is 22.5. The molecule has 0 radical (unpaired) electrons. The number of hydrogen-bond donors (Lipinski definition) is 0. The van der Waals surface area contributed by atoms with Gasteiger partial charge in [0, 0.05) is 20.3 Å². The molecule has 3 atom stereocenters. The molecule has 0 saturated heterocycles. The van der Waals surface area contributed by atoms with Crippen LogP contribution in [0.1, 0.15) is 60.1 Å². The van der Waals surface area contributed by atoms with E-state index in [1.807, 2.05) is 13.0 Å². The zero-order valence-electron chi connectivity index (χ0n) is 22.8. The van der Waals surface area contributed by atoms with E-state index in [4.69, 9.17) is 13.6 Å². The van der Waals surface area contributed by atoms with E-state index in [0.717, 1.165) is 10.3 Å². The number of nitrogens with zero attached hydrogens (tertiary/aromatic N) is 2. The lowest BCUT2D eigenvalue weighted by Crippen LogP contribution is -2.51. The monoisotopic (exact) mass is 496 g/mol. The second kappa shape index (κ2) is 8.98. The van der Waals surface area contributed by atoms with Gasteiger partial charge in [0.05, 0.1) is 11.7 Å². The molecule has 0 bridgehead atoms. The summed E-state index contributed by atoms with van der Waals surface area (Å²) in [5, 5.41) is 0.0263. The van der Waals surface area contributed by atoms with Crippen LogP contribution in [0.4, 0.5) is 0 Å². The Labute approximate surface area is 201 Å². The lowest BCUT2D eigenvalue weighted by Gasteiger charge is -2.46. The van der Waals surface area contributed by atoms with Crippen molar-refractivity contribution in [3.8, 4) is 0 Å². The molecule has 0 N–H and O–H groups in total. The van der Waals surface area contributed by atoms with Crippen LogP contribution in [-0.2, 0) is 27.7 Å². The Kier molecular flexibility index (Phi) is 7.57. The first kappa shape index (κ1) is 27.8. The first-order valence-corrected chi connectivity index (χ1v) is 17.5. The number of aryl methyl sites for hydroxylation is 1. The van der Waals surface area contributed by atoms with Crippen molar-refractivity contribution >= 4 is 16.6 Å². The Morgan fingerprint density at radius 1 is 0.939 bits per heavy atom. The third-order valence-electron chi connectivity index (χ3n) is 7.57. The van der Waals surface area contributed by atoms with Crippen LogP contribution in [0.5, 0.6) is 0 Å². The van der Waals surface area contributed by atoms with E-state index in [1.54, 1.807) is 13.2 Å². The first-order chi connectivity index (χ1) is 14.7. The minimum Gasteiger partial charge on any atom is -0.545 e. The molecule has 0 aliphatic carbocycles. The van der Waals surface area contributed by atoms with Gasteiger partial charge in [0.25, 0.3) is 5.56 Å². The smallest absolute Gasteiger partial charge is 0.330 e. The summed E-state index contributed by atoms with van der Waals surface area (Å²) in [5.41, 5.74) is -0.316. The Morgan fingerprint density at radius 3 is 1.94 bits per heavy atom. The van der Waals surface area contributed by atoms with Crippen LogP contribution in [0, 0.1) is 0 Å². The SMILES string of the molecule is C[C@@H]1O[C@@H](c2cn(C)c(=O)n(C)c2=O)C=C(O[Si](C)(C)C(C)(C)C)[C@H]1O[Si](C)(C)C(C)(C)C. The average molecular weight is 497 g/mol. The molecule has 7 nitrogen and oxygen atoms in total. The molecule has 1 aliphatic heterocycles. The van der Waals surface area contributed by atoms with Crippen molar-refractivity contribution in [1.29, 1.82) is 0 Å². The van der Waals surface area contributed by atoms with E-state index in [-0.39, 0.29) is 33.5 Å². The lowest BCUT2D eigenvalue weighted by molar-refractivity contribution is -0.0632. The molecule has 0 spiro atoms. The molecule has 2 rings (SSSR count). The minimum absolute atomic E-state index is 0.000810. The van der Waals surface area contributed by atoms with Gasteiger partial charge in [0.2, 0.25) is 8.32 Å². The zero-order valence-corrected chi connectivity index (χ0v) is 24.8.